The Balaban J connectivity index is 1.75. The molecule has 0 radical (unpaired) electrons. The van der Waals surface area contributed by atoms with E-state index in [2.05, 4.69) is 14.3 Å². The molecule has 21 heavy (non-hydrogen) atoms. The Morgan fingerprint density at radius 1 is 1.33 bits per heavy atom. The fraction of sp³-hybridized carbons (Fsp3) is 0.154. The summed E-state index contributed by atoms with van der Waals surface area (Å²) in [7, 11) is 2.76. The predicted molar refractivity (Wildman–Crippen MR) is 84.4 cm³/mol. The zero-order chi connectivity index (χ0) is 14.5. The highest BCUT2D eigenvalue weighted by molar-refractivity contribution is 7.66. The zero-order valence-corrected chi connectivity index (χ0v) is 13.2. The second-order valence-corrected chi connectivity index (χ2v) is 6.26. The molecular formula is C13H11ClN4OS2. The maximum absolute atomic E-state index is 5.98. The monoisotopic (exact) mass is 338 g/mol. The molecule has 3 aromatic rings. The van der Waals surface area contributed by atoms with Crippen LogP contribution >= 0.6 is 32.5 Å². The van der Waals surface area contributed by atoms with Gasteiger partial charge in [0.15, 0.2) is 9.82 Å². The molecule has 5 nitrogen and oxygen atoms in total. The van der Waals surface area contributed by atoms with Gasteiger partial charge in [-0.1, -0.05) is 23.7 Å². The summed E-state index contributed by atoms with van der Waals surface area (Å²) in [5, 5.41) is 0.429. The van der Waals surface area contributed by atoms with Crippen LogP contribution in [0.5, 0.6) is 5.75 Å². The second-order valence-electron chi connectivity index (χ2n) is 4.07. The van der Waals surface area contributed by atoms with Gasteiger partial charge in [-0.05, 0) is 22.5 Å². The Kier molecular flexibility index (Phi) is 4.64. The maximum Gasteiger partial charge on any atom is 0.179 e. The summed E-state index contributed by atoms with van der Waals surface area (Å²) in [5.41, 5.74) is 0.751. The summed E-state index contributed by atoms with van der Waals surface area (Å²) in [6.07, 6.45) is 5.41. The van der Waals surface area contributed by atoms with Gasteiger partial charge in [0, 0.05) is 22.9 Å². The fourth-order valence-corrected chi connectivity index (χ4v) is 3.67. The number of para-hydroxylation sites is 2. The second kappa shape index (κ2) is 6.84. The number of halogens is 1. The van der Waals surface area contributed by atoms with E-state index in [9.17, 15) is 0 Å². The van der Waals surface area contributed by atoms with Crippen molar-refractivity contribution in [2.45, 2.75) is 6.54 Å². The molecule has 0 aliphatic rings. The van der Waals surface area contributed by atoms with Gasteiger partial charge in [-0.25, -0.2) is 9.98 Å². The van der Waals surface area contributed by atoms with Gasteiger partial charge in [0.25, 0.3) is 0 Å². The van der Waals surface area contributed by atoms with Crippen LogP contribution in [0, 0.1) is 0 Å². The largest absolute Gasteiger partial charge is 0.489 e. The maximum atomic E-state index is 5.98. The molecule has 2 heterocycles. The lowest BCUT2D eigenvalue weighted by Gasteiger charge is -2.08. The minimum absolute atomic E-state index is 0.429. The number of imidazole rings is 1. The number of aromatic nitrogens is 3. The molecular weight excluding hydrogens is 328 g/mol. The van der Waals surface area contributed by atoms with E-state index in [4.69, 9.17) is 16.3 Å². The molecule has 1 aromatic carbocycles. The van der Waals surface area contributed by atoms with E-state index in [1.54, 1.807) is 12.5 Å². The van der Waals surface area contributed by atoms with Crippen molar-refractivity contribution in [3.05, 3.63) is 52.8 Å². The minimum atomic E-state index is 0.429. The smallest absolute Gasteiger partial charge is 0.179 e. The van der Waals surface area contributed by atoms with E-state index in [0.29, 0.717) is 16.4 Å². The topological polar surface area (TPSA) is 52.3 Å². The van der Waals surface area contributed by atoms with E-state index < -0.39 is 0 Å². The van der Waals surface area contributed by atoms with Crippen LogP contribution in [0.2, 0.25) is 5.15 Å². The lowest BCUT2D eigenvalue weighted by Crippen LogP contribution is -2.06. The summed E-state index contributed by atoms with van der Waals surface area (Å²) in [5.74, 6) is 0.729. The van der Waals surface area contributed by atoms with Crippen molar-refractivity contribution in [3.63, 3.8) is 0 Å². The van der Waals surface area contributed by atoms with Crippen LogP contribution in [0.15, 0.2) is 48.0 Å². The minimum Gasteiger partial charge on any atom is -0.489 e. The molecule has 0 unspecified atom stereocenters. The lowest BCUT2D eigenvalue weighted by atomic mass is 10.3. The third-order valence-electron chi connectivity index (χ3n) is 2.66. The van der Waals surface area contributed by atoms with Crippen molar-refractivity contribution in [1.29, 1.82) is 0 Å². The summed E-state index contributed by atoms with van der Waals surface area (Å²) >= 11 is 5.98. The third kappa shape index (κ3) is 3.69. The number of rotatable bonds is 5. The molecule has 0 fully saturated rings. The summed E-state index contributed by atoms with van der Waals surface area (Å²) < 4.78 is 12.5. The third-order valence-corrected chi connectivity index (χ3v) is 4.83. The lowest BCUT2D eigenvalue weighted by molar-refractivity contribution is 0.299. The van der Waals surface area contributed by atoms with Crippen molar-refractivity contribution in [1.82, 2.24) is 13.9 Å². The number of hydrogen-bond donors (Lipinski definition) is 0. The standard InChI is InChI=1S/C13H11ClN4OS2/c14-12-13(20-21-17-12)16-10-3-1-2-4-11(10)19-8-7-18-6-5-15-9-18/h1-6,9H,7-8H2. The molecule has 0 saturated carbocycles. The van der Waals surface area contributed by atoms with Crippen molar-refractivity contribution in [3.8, 4) is 5.75 Å². The van der Waals surface area contributed by atoms with Gasteiger partial charge in [-0.15, -0.1) is 0 Å². The SMILES string of the molecule is Clc1nssc1=Nc1ccccc1OCCn1ccnc1. The molecule has 0 atom stereocenters. The molecule has 8 heteroatoms. The summed E-state index contributed by atoms with van der Waals surface area (Å²) in [6, 6.07) is 7.63. The Morgan fingerprint density at radius 3 is 3.00 bits per heavy atom. The van der Waals surface area contributed by atoms with Gasteiger partial charge in [0.1, 0.15) is 18.0 Å². The predicted octanol–water partition coefficient (Wildman–Crippen LogP) is 3.37. The summed E-state index contributed by atoms with van der Waals surface area (Å²) in [6.45, 7) is 1.28. The molecule has 0 aliphatic carbocycles. The highest BCUT2D eigenvalue weighted by Gasteiger charge is 2.04. The average molecular weight is 339 g/mol. The van der Waals surface area contributed by atoms with Crippen LogP contribution < -0.4 is 9.41 Å². The van der Waals surface area contributed by atoms with E-state index in [-0.39, 0.29) is 0 Å². The fourth-order valence-electron chi connectivity index (χ4n) is 1.69. The van der Waals surface area contributed by atoms with E-state index >= 15 is 0 Å². The molecule has 0 aliphatic heterocycles. The Bertz CT molecular complexity index is 766. The molecule has 0 amide bonds. The quantitative estimate of drug-likeness (QED) is 0.670. The van der Waals surface area contributed by atoms with E-state index in [0.717, 1.165) is 18.0 Å². The molecule has 0 N–H and O–H groups in total. The van der Waals surface area contributed by atoms with Gasteiger partial charge in [-0.3, -0.25) is 0 Å². The van der Waals surface area contributed by atoms with Gasteiger partial charge in [-0.2, -0.15) is 4.37 Å². The van der Waals surface area contributed by atoms with E-state index in [1.807, 2.05) is 35.0 Å². The van der Waals surface area contributed by atoms with Gasteiger partial charge >= 0.3 is 0 Å². The normalized spacial score (nSPS) is 11.8. The molecule has 108 valence electrons. The van der Waals surface area contributed by atoms with Crippen molar-refractivity contribution in [2.75, 3.05) is 6.61 Å². The average Bonchev–Trinajstić information content (AvgIpc) is 3.14. The van der Waals surface area contributed by atoms with Gasteiger partial charge < -0.3 is 9.30 Å². The molecule has 3 rings (SSSR count). The highest BCUT2D eigenvalue weighted by Crippen LogP contribution is 2.26. The van der Waals surface area contributed by atoms with Crippen molar-refractivity contribution >= 4 is 38.2 Å². The Labute approximate surface area is 133 Å². The zero-order valence-electron chi connectivity index (χ0n) is 10.8. The van der Waals surface area contributed by atoms with Crippen LogP contribution in [0.1, 0.15) is 0 Å². The highest BCUT2D eigenvalue weighted by atomic mass is 35.5. The molecule has 0 spiro atoms. The first kappa shape index (κ1) is 14.2. The number of nitrogens with zero attached hydrogens (tertiary/aromatic N) is 4. The van der Waals surface area contributed by atoms with Crippen LogP contribution in [0.4, 0.5) is 5.69 Å². The van der Waals surface area contributed by atoms with Gasteiger partial charge in [0.05, 0.1) is 12.9 Å². The first-order valence-corrected chi connectivity index (χ1v) is 8.65. The van der Waals surface area contributed by atoms with Crippen LogP contribution in [-0.2, 0) is 6.54 Å². The first-order valence-electron chi connectivity index (χ1n) is 6.17. The number of hydrogen-bond acceptors (Lipinski definition) is 6. The van der Waals surface area contributed by atoms with Crippen LogP contribution in [0.3, 0.4) is 0 Å². The molecule has 0 bridgehead atoms. The number of ether oxygens (including phenoxy) is 1. The van der Waals surface area contributed by atoms with Crippen molar-refractivity contribution in [2.24, 2.45) is 4.99 Å². The molecule has 0 saturated heterocycles. The Hall–Kier alpha value is -1.70. The van der Waals surface area contributed by atoms with E-state index in [1.165, 1.54) is 20.9 Å². The summed E-state index contributed by atoms with van der Waals surface area (Å²) in [4.78, 5) is 8.50. The number of benzene rings is 1. The first-order chi connectivity index (χ1) is 10.3. The molecule has 2 aromatic heterocycles. The van der Waals surface area contributed by atoms with Crippen LogP contribution in [-0.4, -0.2) is 20.5 Å². The Morgan fingerprint density at radius 2 is 2.24 bits per heavy atom. The van der Waals surface area contributed by atoms with Crippen LogP contribution in [0.25, 0.3) is 0 Å². The van der Waals surface area contributed by atoms with Gasteiger partial charge in [0.2, 0.25) is 0 Å². The van der Waals surface area contributed by atoms with Crippen molar-refractivity contribution < 1.29 is 4.74 Å².